The van der Waals surface area contributed by atoms with Crippen LogP contribution in [0.1, 0.15) is 0 Å². The van der Waals surface area contributed by atoms with Crippen LogP contribution in [0, 0.1) is 15.9 Å². The van der Waals surface area contributed by atoms with Crippen LogP contribution in [0.5, 0.6) is 11.5 Å². The summed E-state index contributed by atoms with van der Waals surface area (Å²) in [6, 6.07) is 5.02. The summed E-state index contributed by atoms with van der Waals surface area (Å²) in [5, 5.41) is 11.1. The summed E-state index contributed by atoms with van der Waals surface area (Å²) >= 11 is 5.69. The number of para-hydroxylation sites is 1. The number of pyridine rings is 1. The molecule has 5 nitrogen and oxygen atoms in total. The lowest BCUT2D eigenvalue weighted by Gasteiger charge is -2.06. The SMILES string of the molecule is O=[N+]([O-])c1c(F)cccc1Oc1cncc(Cl)c1. The molecule has 1 aromatic heterocycles. The third kappa shape index (κ3) is 2.54. The van der Waals surface area contributed by atoms with Gasteiger partial charge in [-0.05, 0) is 12.1 Å². The van der Waals surface area contributed by atoms with E-state index in [0.717, 1.165) is 6.07 Å². The van der Waals surface area contributed by atoms with Gasteiger partial charge in [0.1, 0.15) is 5.75 Å². The molecule has 0 saturated heterocycles. The minimum absolute atomic E-state index is 0.191. The van der Waals surface area contributed by atoms with Gasteiger partial charge in [0.2, 0.25) is 11.6 Å². The van der Waals surface area contributed by atoms with Gasteiger partial charge in [0.15, 0.2) is 0 Å². The van der Waals surface area contributed by atoms with Crippen LogP contribution in [0.25, 0.3) is 0 Å². The number of aromatic nitrogens is 1. The number of benzene rings is 1. The molecule has 0 aliphatic carbocycles. The van der Waals surface area contributed by atoms with Crippen LogP contribution >= 0.6 is 11.6 Å². The zero-order valence-corrected chi connectivity index (χ0v) is 9.60. The van der Waals surface area contributed by atoms with Crippen molar-refractivity contribution >= 4 is 17.3 Å². The number of rotatable bonds is 3. The molecule has 2 aromatic rings. The molecule has 0 aliphatic heterocycles. The lowest BCUT2D eigenvalue weighted by molar-refractivity contribution is -0.388. The molecule has 0 spiro atoms. The zero-order valence-electron chi connectivity index (χ0n) is 8.84. The lowest BCUT2D eigenvalue weighted by atomic mass is 10.3. The molecule has 0 radical (unpaired) electrons. The van der Waals surface area contributed by atoms with E-state index in [1.54, 1.807) is 0 Å². The summed E-state index contributed by atoms with van der Waals surface area (Å²) in [5.41, 5.74) is -0.725. The number of halogens is 2. The minimum Gasteiger partial charge on any atom is -0.448 e. The van der Waals surface area contributed by atoms with Crippen molar-refractivity contribution < 1.29 is 14.1 Å². The van der Waals surface area contributed by atoms with Crippen molar-refractivity contribution in [2.45, 2.75) is 0 Å². The van der Waals surface area contributed by atoms with E-state index in [1.165, 1.54) is 30.6 Å². The summed E-state index contributed by atoms with van der Waals surface area (Å²) < 4.78 is 18.5. The Labute approximate surface area is 106 Å². The van der Waals surface area contributed by atoms with Gasteiger partial charge >= 0.3 is 5.69 Å². The van der Waals surface area contributed by atoms with Gasteiger partial charge in [0.25, 0.3) is 0 Å². The van der Waals surface area contributed by atoms with E-state index in [9.17, 15) is 14.5 Å². The molecule has 1 aromatic carbocycles. The molecule has 92 valence electrons. The van der Waals surface area contributed by atoms with Crippen molar-refractivity contribution in [3.05, 3.63) is 57.6 Å². The largest absolute Gasteiger partial charge is 0.448 e. The van der Waals surface area contributed by atoms with Gasteiger partial charge in [-0.2, -0.15) is 4.39 Å². The zero-order chi connectivity index (χ0) is 13.1. The monoisotopic (exact) mass is 268 g/mol. The third-order valence-electron chi connectivity index (χ3n) is 2.04. The fourth-order valence-electron chi connectivity index (χ4n) is 1.33. The van der Waals surface area contributed by atoms with Crippen molar-refractivity contribution in [1.82, 2.24) is 4.98 Å². The van der Waals surface area contributed by atoms with Crippen molar-refractivity contribution in [2.24, 2.45) is 0 Å². The van der Waals surface area contributed by atoms with Crippen molar-refractivity contribution in [1.29, 1.82) is 0 Å². The predicted octanol–water partition coefficient (Wildman–Crippen LogP) is 3.57. The Morgan fingerprint density at radius 2 is 2.17 bits per heavy atom. The number of hydrogen-bond acceptors (Lipinski definition) is 4. The van der Waals surface area contributed by atoms with Gasteiger partial charge in [0.05, 0.1) is 16.1 Å². The van der Waals surface area contributed by atoms with Gasteiger partial charge in [-0.15, -0.1) is 0 Å². The van der Waals surface area contributed by atoms with Crippen LogP contribution in [-0.2, 0) is 0 Å². The first-order chi connectivity index (χ1) is 8.58. The highest BCUT2D eigenvalue weighted by atomic mass is 35.5. The summed E-state index contributed by atoms with van der Waals surface area (Å²) in [7, 11) is 0. The Hall–Kier alpha value is -2.21. The fourth-order valence-corrected chi connectivity index (χ4v) is 1.49. The second-order valence-corrected chi connectivity index (χ2v) is 3.72. The second-order valence-electron chi connectivity index (χ2n) is 3.28. The van der Waals surface area contributed by atoms with Crippen molar-refractivity contribution in [3.63, 3.8) is 0 Å². The summed E-state index contributed by atoms with van der Waals surface area (Å²) in [4.78, 5) is 13.7. The minimum atomic E-state index is -0.965. The van der Waals surface area contributed by atoms with Gasteiger partial charge in [-0.1, -0.05) is 17.7 Å². The summed E-state index contributed by atoms with van der Waals surface area (Å²) in [6.45, 7) is 0. The smallest absolute Gasteiger partial charge is 0.346 e. The van der Waals surface area contributed by atoms with E-state index in [0.29, 0.717) is 5.02 Å². The molecule has 7 heteroatoms. The molecule has 0 bridgehead atoms. The average molecular weight is 269 g/mol. The lowest BCUT2D eigenvalue weighted by Crippen LogP contribution is -1.96. The molecule has 0 atom stereocenters. The van der Waals surface area contributed by atoms with Gasteiger partial charge in [0, 0.05) is 12.3 Å². The van der Waals surface area contributed by atoms with Crippen molar-refractivity contribution in [3.8, 4) is 11.5 Å². The van der Waals surface area contributed by atoms with E-state index >= 15 is 0 Å². The van der Waals surface area contributed by atoms with Gasteiger partial charge < -0.3 is 4.74 Å². The van der Waals surface area contributed by atoms with Crippen LogP contribution in [0.2, 0.25) is 5.02 Å². The van der Waals surface area contributed by atoms with Gasteiger partial charge in [-0.25, -0.2) is 0 Å². The van der Waals surface area contributed by atoms with Crippen molar-refractivity contribution in [2.75, 3.05) is 0 Å². The van der Waals surface area contributed by atoms with Crippen LogP contribution in [-0.4, -0.2) is 9.91 Å². The highest BCUT2D eigenvalue weighted by molar-refractivity contribution is 6.30. The van der Waals surface area contributed by atoms with E-state index in [1.807, 2.05) is 0 Å². The maximum atomic E-state index is 13.3. The van der Waals surface area contributed by atoms with Crippen LogP contribution in [0.3, 0.4) is 0 Å². The molecule has 0 amide bonds. The second kappa shape index (κ2) is 4.97. The molecule has 0 saturated carbocycles. The number of nitro benzene ring substituents is 1. The maximum absolute atomic E-state index is 13.3. The number of nitro groups is 1. The number of nitrogens with zero attached hydrogens (tertiary/aromatic N) is 2. The number of hydrogen-bond donors (Lipinski definition) is 0. The first-order valence-electron chi connectivity index (χ1n) is 4.79. The summed E-state index contributed by atoms with van der Waals surface area (Å²) in [5.74, 6) is -0.979. The maximum Gasteiger partial charge on any atom is 0.346 e. The molecular weight excluding hydrogens is 263 g/mol. The molecule has 1 heterocycles. The Morgan fingerprint density at radius 1 is 1.39 bits per heavy atom. The van der Waals surface area contributed by atoms with E-state index in [2.05, 4.69) is 4.98 Å². The molecule has 0 fully saturated rings. The normalized spacial score (nSPS) is 10.1. The molecular formula is C11H6ClFN2O3. The average Bonchev–Trinajstić information content (AvgIpc) is 2.28. The first-order valence-corrected chi connectivity index (χ1v) is 5.17. The highest BCUT2D eigenvalue weighted by Gasteiger charge is 2.21. The quantitative estimate of drug-likeness (QED) is 0.630. The molecule has 0 aliphatic rings. The highest BCUT2D eigenvalue weighted by Crippen LogP contribution is 2.33. The molecule has 0 unspecified atom stereocenters. The fraction of sp³-hybridized carbons (Fsp3) is 0. The number of ether oxygens (including phenoxy) is 1. The molecule has 18 heavy (non-hydrogen) atoms. The third-order valence-corrected chi connectivity index (χ3v) is 2.25. The van der Waals surface area contributed by atoms with E-state index in [4.69, 9.17) is 16.3 Å². The van der Waals surface area contributed by atoms with Gasteiger partial charge in [-0.3, -0.25) is 15.1 Å². The Bertz CT molecular complexity index is 607. The van der Waals surface area contributed by atoms with Crippen LogP contribution in [0.4, 0.5) is 10.1 Å². The van der Waals surface area contributed by atoms with Crippen LogP contribution in [0.15, 0.2) is 36.7 Å². The Kier molecular flexibility index (Phi) is 3.38. The van der Waals surface area contributed by atoms with E-state index in [-0.39, 0.29) is 11.5 Å². The van der Waals surface area contributed by atoms with Crippen LogP contribution < -0.4 is 4.74 Å². The molecule has 2 rings (SSSR count). The standard InChI is InChI=1S/C11H6ClFN2O3/c12-7-4-8(6-14-5-7)18-10-3-1-2-9(13)11(10)15(16)17/h1-6H. The predicted molar refractivity (Wildman–Crippen MR) is 62.4 cm³/mol. The molecule has 0 N–H and O–H groups in total. The summed E-state index contributed by atoms with van der Waals surface area (Å²) in [6.07, 6.45) is 2.70. The first kappa shape index (κ1) is 12.3. The Morgan fingerprint density at radius 3 is 2.83 bits per heavy atom. The Balaban J connectivity index is 2.40. The van der Waals surface area contributed by atoms with E-state index < -0.39 is 16.4 Å². The topological polar surface area (TPSA) is 65.3 Å².